The highest BCUT2D eigenvalue weighted by atomic mass is 16.3. The van der Waals surface area contributed by atoms with Gasteiger partial charge in [0.25, 0.3) is 0 Å². The first kappa shape index (κ1) is 14.2. The molecule has 0 aliphatic carbocycles. The normalized spacial score (nSPS) is 14.9. The van der Waals surface area contributed by atoms with E-state index in [0.717, 1.165) is 19.5 Å². The van der Waals surface area contributed by atoms with Crippen LogP contribution in [0.4, 0.5) is 0 Å². The molecule has 2 unspecified atom stereocenters. The molecule has 96 valence electrons. The molecule has 0 aliphatic rings. The number of nitrogens with two attached hydrogens (primary N) is 1. The Bertz CT molecular complexity index is 300. The largest absolute Gasteiger partial charge is 0.392 e. The Morgan fingerprint density at radius 2 is 1.88 bits per heavy atom. The quantitative estimate of drug-likeness (QED) is 0.756. The van der Waals surface area contributed by atoms with Crippen molar-refractivity contribution in [1.29, 1.82) is 0 Å². The topological polar surface area (TPSA) is 49.5 Å². The van der Waals surface area contributed by atoms with Crippen LogP contribution in [0.5, 0.6) is 0 Å². The van der Waals surface area contributed by atoms with E-state index in [1.807, 2.05) is 25.1 Å². The molecule has 0 aliphatic heterocycles. The van der Waals surface area contributed by atoms with Crippen molar-refractivity contribution in [2.24, 2.45) is 5.73 Å². The van der Waals surface area contributed by atoms with Gasteiger partial charge in [0, 0.05) is 19.1 Å². The predicted molar refractivity (Wildman–Crippen MR) is 71.7 cm³/mol. The van der Waals surface area contributed by atoms with E-state index in [4.69, 9.17) is 5.73 Å². The summed E-state index contributed by atoms with van der Waals surface area (Å²) < 4.78 is 0. The van der Waals surface area contributed by atoms with Gasteiger partial charge in [0.1, 0.15) is 0 Å². The maximum atomic E-state index is 9.70. The van der Waals surface area contributed by atoms with Gasteiger partial charge in [-0.2, -0.15) is 0 Å². The predicted octanol–water partition coefficient (Wildman–Crippen LogP) is 1.61. The minimum atomic E-state index is -0.323. The van der Waals surface area contributed by atoms with Crippen LogP contribution in [0.15, 0.2) is 30.3 Å². The van der Waals surface area contributed by atoms with Crippen molar-refractivity contribution in [2.75, 3.05) is 13.1 Å². The fourth-order valence-corrected chi connectivity index (χ4v) is 1.84. The van der Waals surface area contributed by atoms with Crippen molar-refractivity contribution >= 4 is 0 Å². The minimum absolute atomic E-state index is 0.154. The molecule has 3 N–H and O–H groups in total. The highest BCUT2D eigenvalue weighted by Gasteiger charge is 2.17. The number of rotatable bonds is 7. The van der Waals surface area contributed by atoms with Gasteiger partial charge in [-0.3, -0.25) is 4.90 Å². The molecule has 0 bridgehead atoms. The Labute approximate surface area is 104 Å². The molecule has 3 nitrogen and oxygen atoms in total. The molecule has 3 heteroatoms. The molecule has 2 atom stereocenters. The van der Waals surface area contributed by atoms with Crippen molar-refractivity contribution in [3.8, 4) is 0 Å². The Balaban J connectivity index is 2.63. The summed E-state index contributed by atoms with van der Waals surface area (Å²) in [6.45, 7) is 6.39. The van der Waals surface area contributed by atoms with Crippen molar-refractivity contribution in [1.82, 2.24) is 4.90 Å². The third kappa shape index (κ3) is 4.86. The fraction of sp³-hybridized carbons (Fsp3) is 0.571. The zero-order valence-corrected chi connectivity index (χ0v) is 10.8. The number of hydrogen-bond donors (Lipinski definition) is 2. The standard InChI is InChI=1S/C14H24N2O/c1-12(13(2)17)16(10-6-9-15)11-14-7-4-3-5-8-14/h3-5,7-8,12-13,17H,6,9-11,15H2,1-2H3. The van der Waals surface area contributed by atoms with Crippen LogP contribution >= 0.6 is 0 Å². The van der Waals surface area contributed by atoms with Crippen molar-refractivity contribution in [2.45, 2.75) is 39.0 Å². The molecule has 0 saturated carbocycles. The summed E-state index contributed by atoms with van der Waals surface area (Å²) in [7, 11) is 0. The summed E-state index contributed by atoms with van der Waals surface area (Å²) in [4.78, 5) is 2.28. The molecule has 0 saturated heterocycles. The van der Waals surface area contributed by atoms with Crippen LogP contribution in [0.1, 0.15) is 25.8 Å². The van der Waals surface area contributed by atoms with Gasteiger partial charge in [-0.15, -0.1) is 0 Å². The second-order valence-electron chi connectivity index (χ2n) is 4.58. The summed E-state index contributed by atoms with van der Waals surface area (Å²) >= 11 is 0. The molecule has 1 aromatic carbocycles. The molecule has 1 aromatic rings. The maximum Gasteiger partial charge on any atom is 0.0664 e. The molecule has 0 amide bonds. The van der Waals surface area contributed by atoms with E-state index in [0.29, 0.717) is 6.54 Å². The third-order valence-electron chi connectivity index (χ3n) is 3.15. The first-order valence-corrected chi connectivity index (χ1v) is 6.31. The summed E-state index contributed by atoms with van der Waals surface area (Å²) in [5.74, 6) is 0. The van der Waals surface area contributed by atoms with Crippen LogP contribution in [0.3, 0.4) is 0 Å². The molecule has 1 rings (SSSR count). The fourth-order valence-electron chi connectivity index (χ4n) is 1.84. The second kappa shape index (κ2) is 7.43. The Hall–Kier alpha value is -0.900. The molecule has 0 radical (unpaired) electrons. The van der Waals surface area contributed by atoms with Gasteiger partial charge in [-0.1, -0.05) is 30.3 Å². The first-order chi connectivity index (χ1) is 8.15. The van der Waals surface area contributed by atoms with Gasteiger partial charge in [0.05, 0.1) is 6.10 Å². The van der Waals surface area contributed by atoms with E-state index in [-0.39, 0.29) is 12.1 Å². The number of aliphatic hydroxyl groups excluding tert-OH is 1. The minimum Gasteiger partial charge on any atom is -0.392 e. The van der Waals surface area contributed by atoms with Crippen molar-refractivity contribution in [3.63, 3.8) is 0 Å². The van der Waals surface area contributed by atoms with Crippen LogP contribution < -0.4 is 5.73 Å². The monoisotopic (exact) mass is 236 g/mol. The van der Waals surface area contributed by atoms with Crippen LogP contribution in [-0.4, -0.2) is 35.2 Å². The number of aliphatic hydroxyl groups is 1. The second-order valence-corrected chi connectivity index (χ2v) is 4.58. The molecule has 0 aromatic heterocycles. The van der Waals surface area contributed by atoms with Crippen LogP contribution in [0.2, 0.25) is 0 Å². The van der Waals surface area contributed by atoms with E-state index in [9.17, 15) is 5.11 Å². The average Bonchev–Trinajstić information content (AvgIpc) is 2.34. The zero-order chi connectivity index (χ0) is 12.7. The lowest BCUT2D eigenvalue weighted by Gasteiger charge is -2.31. The molecular weight excluding hydrogens is 212 g/mol. The summed E-state index contributed by atoms with van der Waals surface area (Å²) in [6, 6.07) is 10.5. The number of nitrogens with zero attached hydrogens (tertiary/aromatic N) is 1. The van der Waals surface area contributed by atoms with Gasteiger partial charge in [-0.25, -0.2) is 0 Å². The van der Waals surface area contributed by atoms with Crippen molar-refractivity contribution < 1.29 is 5.11 Å². The van der Waals surface area contributed by atoms with Gasteiger partial charge in [-0.05, 0) is 32.4 Å². The van der Waals surface area contributed by atoms with Gasteiger partial charge < -0.3 is 10.8 Å². The summed E-state index contributed by atoms with van der Waals surface area (Å²) in [6.07, 6.45) is 0.639. The maximum absolute atomic E-state index is 9.70. The molecule has 0 heterocycles. The highest BCUT2D eigenvalue weighted by molar-refractivity contribution is 5.14. The van der Waals surface area contributed by atoms with E-state index in [1.54, 1.807) is 0 Å². The van der Waals surface area contributed by atoms with E-state index in [1.165, 1.54) is 5.56 Å². The molecule has 0 fully saturated rings. The Morgan fingerprint density at radius 3 is 2.41 bits per heavy atom. The zero-order valence-electron chi connectivity index (χ0n) is 10.8. The smallest absolute Gasteiger partial charge is 0.0664 e. The summed E-state index contributed by atoms with van der Waals surface area (Å²) in [5.41, 5.74) is 6.83. The summed E-state index contributed by atoms with van der Waals surface area (Å²) in [5, 5.41) is 9.70. The van der Waals surface area contributed by atoms with Crippen LogP contribution in [-0.2, 0) is 6.54 Å². The third-order valence-corrected chi connectivity index (χ3v) is 3.15. The lowest BCUT2D eigenvalue weighted by molar-refractivity contribution is 0.0655. The van der Waals surface area contributed by atoms with E-state index < -0.39 is 0 Å². The molecule has 0 spiro atoms. The SMILES string of the molecule is CC(O)C(C)N(CCCN)Cc1ccccc1. The average molecular weight is 236 g/mol. The first-order valence-electron chi connectivity index (χ1n) is 6.31. The van der Waals surface area contributed by atoms with E-state index in [2.05, 4.69) is 24.0 Å². The van der Waals surface area contributed by atoms with Gasteiger partial charge in [0.15, 0.2) is 0 Å². The van der Waals surface area contributed by atoms with Crippen LogP contribution in [0.25, 0.3) is 0 Å². The van der Waals surface area contributed by atoms with Crippen molar-refractivity contribution in [3.05, 3.63) is 35.9 Å². The lowest BCUT2D eigenvalue weighted by Crippen LogP contribution is -2.40. The number of benzene rings is 1. The van der Waals surface area contributed by atoms with Gasteiger partial charge >= 0.3 is 0 Å². The highest BCUT2D eigenvalue weighted by Crippen LogP contribution is 2.11. The Morgan fingerprint density at radius 1 is 1.24 bits per heavy atom. The molecular formula is C14H24N2O. The van der Waals surface area contributed by atoms with E-state index >= 15 is 0 Å². The van der Waals surface area contributed by atoms with Crippen LogP contribution in [0, 0.1) is 0 Å². The lowest BCUT2D eigenvalue weighted by atomic mass is 10.1. The van der Waals surface area contributed by atoms with Gasteiger partial charge in [0.2, 0.25) is 0 Å². The molecule has 17 heavy (non-hydrogen) atoms. The Kier molecular flexibility index (Phi) is 6.19. The number of hydrogen-bond acceptors (Lipinski definition) is 3.